The van der Waals surface area contributed by atoms with E-state index in [1.165, 1.54) is 19.3 Å². The number of nitrogens with one attached hydrogen (secondary N) is 2. The Labute approximate surface area is 127 Å². The van der Waals surface area contributed by atoms with Crippen LogP contribution in [-0.2, 0) is 0 Å². The van der Waals surface area contributed by atoms with Crippen molar-refractivity contribution in [3.05, 3.63) is 23.4 Å². The summed E-state index contributed by atoms with van der Waals surface area (Å²) in [6.45, 7) is 7.99. The molecule has 1 aliphatic carbocycles. The molecule has 21 heavy (non-hydrogen) atoms. The molecule has 0 aromatic carbocycles. The Hall–Kier alpha value is -1.58. The first-order valence-electron chi connectivity index (χ1n) is 8.09. The van der Waals surface area contributed by atoms with Crippen LogP contribution in [0, 0.1) is 18.8 Å². The van der Waals surface area contributed by atoms with E-state index in [2.05, 4.69) is 29.5 Å². The summed E-state index contributed by atoms with van der Waals surface area (Å²) in [6, 6.07) is 3.69. The van der Waals surface area contributed by atoms with Gasteiger partial charge in [-0.25, -0.2) is 4.98 Å². The number of carbonyl (C=O) groups excluding carboxylic acids is 1. The van der Waals surface area contributed by atoms with Crippen LogP contribution in [0.5, 0.6) is 0 Å². The first-order valence-corrected chi connectivity index (χ1v) is 8.09. The second-order valence-electron chi connectivity index (χ2n) is 6.30. The van der Waals surface area contributed by atoms with Crippen LogP contribution in [0.25, 0.3) is 0 Å². The van der Waals surface area contributed by atoms with Crippen LogP contribution in [0.15, 0.2) is 12.1 Å². The highest BCUT2D eigenvalue weighted by molar-refractivity contribution is 5.95. The number of amides is 1. The Kier molecular flexibility index (Phi) is 5.59. The van der Waals surface area contributed by atoms with E-state index in [1.54, 1.807) is 0 Å². The van der Waals surface area contributed by atoms with Crippen LogP contribution in [0.4, 0.5) is 5.82 Å². The molecule has 1 amide bonds. The van der Waals surface area contributed by atoms with Crippen molar-refractivity contribution in [2.45, 2.75) is 46.5 Å². The third-order valence-corrected chi connectivity index (χ3v) is 4.13. The summed E-state index contributed by atoms with van der Waals surface area (Å²) in [5.74, 6) is 2.25. The van der Waals surface area contributed by atoms with Crippen molar-refractivity contribution in [3.63, 3.8) is 0 Å². The van der Waals surface area contributed by atoms with Crippen LogP contribution in [0.2, 0.25) is 0 Å². The maximum absolute atomic E-state index is 12.3. The van der Waals surface area contributed by atoms with Crippen molar-refractivity contribution < 1.29 is 4.79 Å². The molecular formula is C17H27N3O. The van der Waals surface area contributed by atoms with Gasteiger partial charge in [0, 0.05) is 24.3 Å². The molecule has 2 rings (SSSR count). The van der Waals surface area contributed by atoms with Gasteiger partial charge in [0.2, 0.25) is 0 Å². The first-order chi connectivity index (χ1) is 10.1. The zero-order valence-electron chi connectivity index (χ0n) is 13.4. The number of hydrogen-bond acceptors (Lipinski definition) is 3. The summed E-state index contributed by atoms with van der Waals surface area (Å²) in [5.41, 5.74) is 1.57. The molecular weight excluding hydrogens is 262 g/mol. The molecule has 4 heteroatoms. The second-order valence-corrected chi connectivity index (χ2v) is 6.30. The largest absolute Gasteiger partial charge is 0.370 e. The van der Waals surface area contributed by atoms with Gasteiger partial charge in [0.05, 0.1) is 0 Å². The molecule has 1 aromatic heterocycles. The first kappa shape index (κ1) is 15.8. The molecule has 0 spiro atoms. The average molecular weight is 289 g/mol. The van der Waals surface area contributed by atoms with E-state index in [4.69, 9.17) is 0 Å². The monoisotopic (exact) mass is 289 g/mol. The number of hydrogen-bond donors (Lipinski definition) is 2. The molecule has 0 saturated heterocycles. The Morgan fingerprint density at radius 3 is 2.86 bits per heavy atom. The van der Waals surface area contributed by atoms with Crippen LogP contribution >= 0.6 is 0 Å². The molecule has 4 nitrogen and oxygen atoms in total. The fraction of sp³-hybridized carbons (Fsp3) is 0.647. The predicted molar refractivity (Wildman–Crippen MR) is 86.6 cm³/mol. The number of aryl methyl sites for hydroxylation is 1. The summed E-state index contributed by atoms with van der Waals surface area (Å²) >= 11 is 0. The molecule has 2 N–H and O–H groups in total. The van der Waals surface area contributed by atoms with Crippen LogP contribution in [0.1, 0.15) is 55.6 Å². The van der Waals surface area contributed by atoms with E-state index >= 15 is 0 Å². The minimum Gasteiger partial charge on any atom is -0.370 e. The lowest BCUT2D eigenvalue weighted by molar-refractivity contribution is 0.0947. The maximum Gasteiger partial charge on any atom is 0.251 e. The zero-order chi connectivity index (χ0) is 15.2. The molecule has 1 fully saturated rings. The highest BCUT2D eigenvalue weighted by Gasteiger charge is 2.21. The Morgan fingerprint density at radius 2 is 2.19 bits per heavy atom. The van der Waals surface area contributed by atoms with Gasteiger partial charge in [0.25, 0.3) is 5.91 Å². The fourth-order valence-corrected chi connectivity index (χ4v) is 2.99. The van der Waals surface area contributed by atoms with Crippen LogP contribution < -0.4 is 10.6 Å². The summed E-state index contributed by atoms with van der Waals surface area (Å²) < 4.78 is 0. The van der Waals surface area contributed by atoms with E-state index in [9.17, 15) is 4.79 Å². The number of anilines is 1. The molecule has 1 saturated carbocycles. The summed E-state index contributed by atoms with van der Waals surface area (Å²) in [6.07, 6.45) is 4.80. The summed E-state index contributed by atoms with van der Waals surface area (Å²) in [7, 11) is 0. The number of aromatic nitrogens is 1. The van der Waals surface area contributed by atoms with Gasteiger partial charge in [-0.1, -0.05) is 20.3 Å². The minimum atomic E-state index is 0.0135. The molecule has 0 bridgehead atoms. The fourth-order valence-electron chi connectivity index (χ4n) is 2.99. The number of nitrogens with zero attached hydrogens (tertiary/aromatic N) is 1. The van der Waals surface area contributed by atoms with E-state index in [1.807, 2.05) is 19.1 Å². The van der Waals surface area contributed by atoms with Gasteiger partial charge in [0.15, 0.2) is 0 Å². The molecule has 0 radical (unpaired) electrons. The zero-order valence-corrected chi connectivity index (χ0v) is 13.4. The average Bonchev–Trinajstić information content (AvgIpc) is 2.87. The number of carbonyl (C=O) groups is 1. The second kappa shape index (κ2) is 7.43. The van der Waals surface area contributed by atoms with Gasteiger partial charge in [-0.3, -0.25) is 4.79 Å². The van der Waals surface area contributed by atoms with Crippen molar-refractivity contribution in [3.8, 4) is 0 Å². The van der Waals surface area contributed by atoms with Crippen LogP contribution in [0.3, 0.4) is 0 Å². The van der Waals surface area contributed by atoms with Crippen molar-refractivity contribution in [1.82, 2.24) is 10.3 Å². The normalized spacial score (nSPS) is 21.3. The third-order valence-electron chi connectivity index (χ3n) is 4.13. The van der Waals surface area contributed by atoms with Crippen LogP contribution in [-0.4, -0.2) is 24.0 Å². The van der Waals surface area contributed by atoms with Gasteiger partial charge >= 0.3 is 0 Å². The van der Waals surface area contributed by atoms with Gasteiger partial charge in [-0.05, 0) is 50.2 Å². The van der Waals surface area contributed by atoms with E-state index < -0.39 is 0 Å². The number of pyridine rings is 1. The highest BCUT2D eigenvalue weighted by Crippen LogP contribution is 2.29. The van der Waals surface area contributed by atoms with Crippen molar-refractivity contribution in [2.75, 3.05) is 18.4 Å². The summed E-state index contributed by atoms with van der Waals surface area (Å²) in [4.78, 5) is 16.7. The lowest BCUT2D eigenvalue weighted by Crippen LogP contribution is -2.28. The molecule has 1 aliphatic rings. The van der Waals surface area contributed by atoms with Crippen molar-refractivity contribution >= 4 is 11.7 Å². The SMILES string of the molecule is CCCNc1cc(C(=O)NCC2CCC(C)C2)cc(C)n1. The molecule has 2 unspecified atom stereocenters. The quantitative estimate of drug-likeness (QED) is 0.844. The van der Waals surface area contributed by atoms with Crippen molar-refractivity contribution in [1.29, 1.82) is 0 Å². The van der Waals surface area contributed by atoms with Gasteiger partial charge in [0.1, 0.15) is 5.82 Å². The standard InChI is InChI=1S/C17H27N3O/c1-4-7-18-16-10-15(9-13(3)20-16)17(21)19-11-14-6-5-12(2)8-14/h9-10,12,14H,4-8,11H2,1-3H3,(H,18,20)(H,19,21). The van der Waals surface area contributed by atoms with Gasteiger partial charge in [-0.2, -0.15) is 0 Å². The van der Waals surface area contributed by atoms with Gasteiger partial charge in [-0.15, -0.1) is 0 Å². The Morgan fingerprint density at radius 1 is 1.38 bits per heavy atom. The smallest absolute Gasteiger partial charge is 0.251 e. The van der Waals surface area contributed by atoms with E-state index in [0.717, 1.165) is 36.9 Å². The van der Waals surface area contributed by atoms with Gasteiger partial charge < -0.3 is 10.6 Å². The molecule has 116 valence electrons. The Balaban J connectivity index is 1.93. The lowest BCUT2D eigenvalue weighted by Gasteiger charge is -2.12. The summed E-state index contributed by atoms with van der Waals surface area (Å²) in [5, 5.41) is 6.32. The molecule has 1 aromatic rings. The topological polar surface area (TPSA) is 54.0 Å². The maximum atomic E-state index is 12.3. The third kappa shape index (κ3) is 4.73. The van der Waals surface area contributed by atoms with E-state index in [0.29, 0.717) is 11.5 Å². The Bertz CT molecular complexity index is 487. The minimum absolute atomic E-state index is 0.0135. The molecule has 0 aliphatic heterocycles. The molecule has 1 heterocycles. The van der Waals surface area contributed by atoms with Crippen molar-refractivity contribution in [2.24, 2.45) is 11.8 Å². The van der Waals surface area contributed by atoms with E-state index in [-0.39, 0.29) is 5.91 Å². The lowest BCUT2D eigenvalue weighted by atomic mass is 10.1. The highest BCUT2D eigenvalue weighted by atomic mass is 16.1. The molecule has 2 atom stereocenters. The predicted octanol–water partition coefficient (Wildman–Crippen LogP) is 3.38. The number of rotatable bonds is 6.